The van der Waals surface area contributed by atoms with Crippen LogP contribution in [0, 0.1) is 25.2 Å². The van der Waals surface area contributed by atoms with Crippen LogP contribution in [0.25, 0.3) is 45.8 Å². The third-order valence-corrected chi connectivity index (χ3v) is 10.3. The standard InChI is InChI=1S/C43H45F3N4O3/c1-26(25-51)48-23-30-18-33(22-47)41-39(19-30)49-42(53-41)37-14-9-13-36(29(37)4)35-12-8-11-31(28(35)3)15-16-32-21-40(52-5)34(20-38(32)43(44,45)46)24-50-17-7-6-10-27(50)2/h8-9,11-16,18-21,26-27,48,51H,6-7,10,17,23-25H2,1-5H3/b16-15+/t26-,27+/m0/s1. The molecule has 1 saturated heterocycles. The molecule has 2 heterocycles. The number of methoxy groups -OCH3 is 1. The molecule has 5 aromatic rings. The molecule has 2 N–H and O–H groups in total. The van der Waals surface area contributed by atoms with Gasteiger partial charge in [0.15, 0.2) is 5.58 Å². The molecule has 1 aliphatic heterocycles. The lowest BCUT2D eigenvalue weighted by atomic mass is 9.91. The Bertz CT molecular complexity index is 2180. The zero-order valence-electron chi connectivity index (χ0n) is 30.8. The summed E-state index contributed by atoms with van der Waals surface area (Å²) in [5, 5.41) is 22.5. The van der Waals surface area contributed by atoms with Crippen molar-refractivity contribution in [3.63, 3.8) is 0 Å². The highest BCUT2D eigenvalue weighted by Gasteiger charge is 2.34. The molecule has 0 aliphatic carbocycles. The van der Waals surface area contributed by atoms with E-state index in [1.165, 1.54) is 25.3 Å². The molecule has 0 radical (unpaired) electrons. The lowest BCUT2D eigenvalue weighted by Crippen LogP contribution is -2.36. The van der Waals surface area contributed by atoms with E-state index in [0.717, 1.165) is 64.8 Å². The highest BCUT2D eigenvalue weighted by Crippen LogP contribution is 2.39. The SMILES string of the molecule is COc1cc(/C=C/c2cccc(-c3cccc(-c4nc5cc(CN[C@@H](C)CO)cc(C#N)c5o4)c3C)c2C)c(C(F)(F)F)cc1CN1CCCC[C@H]1C. The number of ether oxygens (including phenoxy) is 1. The third kappa shape index (κ3) is 8.18. The van der Waals surface area contributed by atoms with E-state index < -0.39 is 11.7 Å². The van der Waals surface area contributed by atoms with Gasteiger partial charge < -0.3 is 19.6 Å². The Balaban J connectivity index is 1.33. The quantitative estimate of drug-likeness (QED) is 0.131. The first-order valence-electron chi connectivity index (χ1n) is 18.0. The van der Waals surface area contributed by atoms with E-state index in [4.69, 9.17) is 14.1 Å². The summed E-state index contributed by atoms with van der Waals surface area (Å²) in [6, 6.07) is 20.4. The second-order valence-corrected chi connectivity index (χ2v) is 14.0. The maximum absolute atomic E-state index is 14.5. The number of halogens is 3. The molecule has 1 fully saturated rings. The Morgan fingerprint density at radius 2 is 1.75 bits per heavy atom. The van der Waals surface area contributed by atoms with Crippen molar-refractivity contribution in [2.75, 3.05) is 20.3 Å². The summed E-state index contributed by atoms with van der Waals surface area (Å²) in [4.78, 5) is 7.00. The average Bonchev–Trinajstić information content (AvgIpc) is 3.58. The molecule has 10 heteroatoms. The van der Waals surface area contributed by atoms with Gasteiger partial charge >= 0.3 is 6.18 Å². The second kappa shape index (κ2) is 16.0. The van der Waals surface area contributed by atoms with Crippen molar-refractivity contribution in [3.8, 4) is 34.4 Å². The fraction of sp³-hybridized carbons (Fsp3) is 0.349. The Hall–Kier alpha value is -4.95. The molecule has 0 saturated carbocycles. The molecule has 1 aromatic heterocycles. The van der Waals surface area contributed by atoms with Crippen molar-refractivity contribution in [1.82, 2.24) is 15.2 Å². The number of piperidine rings is 1. The average molecular weight is 723 g/mol. The number of aliphatic hydroxyl groups excluding tert-OH is 1. The number of benzene rings is 4. The van der Waals surface area contributed by atoms with Crippen LogP contribution in [-0.2, 0) is 19.3 Å². The fourth-order valence-corrected chi connectivity index (χ4v) is 7.16. The van der Waals surface area contributed by atoms with E-state index in [1.807, 2.05) is 63.2 Å². The number of rotatable bonds is 11. The van der Waals surface area contributed by atoms with Crippen LogP contribution in [0.5, 0.6) is 5.75 Å². The molecule has 0 spiro atoms. The number of alkyl halides is 3. The zero-order valence-corrected chi connectivity index (χ0v) is 30.8. The predicted octanol–water partition coefficient (Wildman–Crippen LogP) is 9.69. The van der Waals surface area contributed by atoms with Gasteiger partial charge in [0, 0.05) is 36.3 Å². The van der Waals surface area contributed by atoms with Crippen molar-refractivity contribution in [3.05, 3.63) is 105 Å². The van der Waals surface area contributed by atoms with Gasteiger partial charge in [0.1, 0.15) is 17.3 Å². The summed E-state index contributed by atoms with van der Waals surface area (Å²) in [7, 11) is 1.50. The number of oxazole rings is 1. The maximum atomic E-state index is 14.5. The fourth-order valence-electron chi connectivity index (χ4n) is 7.16. The number of likely N-dealkylation sites (tertiary alicyclic amines) is 1. The van der Waals surface area contributed by atoms with Crippen LogP contribution in [0.4, 0.5) is 13.2 Å². The number of fused-ring (bicyclic) bond motifs is 1. The van der Waals surface area contributed by atoms with Gasteiger partial charge in [-0.1, -0.05) is 48.9 Å². The second-order valence-electron chi connectivity index (χ2n) is 14.0. The Morgan fingerprint density at radius 3 is 2.45 bits per heavy atom. The van der Waals surface area contributed by atoms with Gasteiger partial charge in [-0.3, -0.25) is 4.90 Å². The van der Waals surface area contributed by atoms with E-state index in [0.29, 0.717) is 53.0 Å². The topological polar surface area (TPSA) is 94.5 Å². The minimum atomic E-state index is -4.54. The van der Waals surface area contributed by atoms with Gasteiger partial charge in [-0.25, -0.2) is 4.98 Å². The summed E-state index contributed by atoms with van der Waals surface area (Å²) in [6.07, 6.45) is 1.90. The van der Waals surface area contributed by atoms with Gasteiger partial charge in [-0.15, -0.1) is 0 Å². The van der Waals surface area contributed by atoms with Crippen molar-refractivity contribution in [1.29, 1.82) is 5.26 Å². The van der Waals surface area contributed by atoms with Gasteiger partial charge in [0.25, 0.3) is 0 Å². The summed E-state index contributed by atoms with van der Waals surface area (Å²) in [5.41, 5.74) is 7.27. The van der Waals surface area contributed by atoms with E-state index in [-0.39, 0.29) is 18.2 Å². The monoisotopic (exact) mass is 722 g/mol. The number of hydrogen-bond donors (Lipinski definition) is 2. The number of nitrogens with zero attached hydrogens (tertiary/aromatic N) is 3. The van der Waals surface area contributed by atoms with Crippen LogP contribution >= 0.6 is 0 Å². The van der Waals surface area contributed by atoms with Crippen LogP contribution in [0.3, 0.4) is 0 Å². The summed E-state index contributed by atoms with van der Waals surface area (Å²) in [6.45, 7) is 9.65. The van der Waals surface area contributed by atoms with Crippen LogP contribution < -0.4 is 10.1 Å². The number of aromatic nitrogens is 1. The van der Waals surface area contributed by atoms with Crippen LogP contribution in [0.1, 0.15) is 77.6 Å². The lowest BCUT2D eigenvalue weighted by molar-refractivity contribution is -0.137. The van der Waals surface area contributed by atoms with E-state index in [1.54, 1.807) is 12.1 Å². The molecule has 2 atom stereocenters. The zero-order chi connectivity index (χ0) is 37.9. The molecule has 0 bridgehead atoms. The third-order valence-electron chi connectivity index (χ3n) is 10.3. The number of nitrogens with one attached hydrogen (secondary N) is 1. The molecule has 53 heavy (non-hydrogen) atoms. The molecular formula is C43H45F3N4O3. The highest BCUT2D eigenvalue weighted by atomic mass is 19.4. The molecule has 4 aromatic carbocycles. The Labute approximate surface area is 308 Å². The number of aliphatic hydroxyl groups is 1. The first-order valence-corrected chi connectivity index (χ1v) is 18.0. The maximum Gasteiger partial charge on any atom is 0.417 e. The summed E-state index contributed by atoms with van der Waals surface area (Å²) < 4.78 is 55.4. The smallest absolute Gasteiger partial charge is 0.417 e. The molecule has 7 nitrogen and oxygen atoms in total. The van der Waals surface area contributed by atoms with Crippen molar-refractivity contribution in [2.45, 2.75) is 78.3 Å². The molecule has 0 unspecified atom stereocenters. The summed E-state index contributed by atoms with van der Waals surface area (Å²) >= 11 is 0. The van der Waals surface area contributed by atoms with Crippen LogP contribution in [-0.4, -0.2) is 47.3 Å². The molecule has 1 aliphatic rings. The van der Waals surface area contributed by atoms with Gasteiger partial charge in [0.05, 0.1) is 24.8 Å². The van der Waals surface area contributed by atoms with E-state index >= 15 is 0 Å². The normalized spacial score (nSPS) is 16.0. The van der Waals surface area contributed by atoms with Crippen molar-refractivity contribution in [2.24, 2.45) is 0 Å². The highest BCUT2D eigenvalue weighted by molar-refractivity contribution is 5.85. The van der Waals surface area contributed by atoms with Crippen molar-refractivity contribution < 1.29 is 27.4 Å². The van der Waals surface area contributed by atoms with Gasteiger partial charge in [0.2, 0.25) is 5.89 Å². The first kappa shape index (κ1) is 37.8. The Kier molecular flexibility index (Phi) is 11.4. The predicted molar refractivity (Wildman–Crippen MR) is 203 cm³/mol. The van der Waals surface area contributed by atoms with Gasteiger partial charge in [-0.2, -0.15) is 18.4 Å². The number of nitriles is 1. The molecular weight excluding hydrogens is 677 g/mol. The molecule has 276 valence electrons. The minimum Gasteiger partial charge on any atom is -0.496 e. The first-order chi connectivity index (χ1) is 25.4. The minimum absolute atomic E-state index is 0.00369. The van der Waals surface area contributed by atoms with E-state index in [9.17, 15) is 23.5 Å². The molecule has 6 rings (SSSR count). The van der Waals surface area contributed by atoms with Crippen LogP contribution in [0.2, 0.25) is 0 Å². The lowest BCUT2D eigenvalue weighted by Gasteiger charge is -2.33. The van der Waals surface area contributed by atoms with Crippen LogP contribution in [0.15, 0.2) is 65.1 Å². The summed E-state index contributed by atoms with van der Waals surface area (Å²) in [5.74, 6) is 0.823. The van der Waals surface area contributed by atoms with Gasteiger partial charge in [-0.05, 0) is 116 Å². The number of hydrogen-bond acceptors (Lipinski definition) is 7. The Morgan fingerprint density at radius 1 is 1.04 bits per heavy atom. The molecule has 0 amide bonds. The van der Waals surface area contributed by atoms with Crippen molar-refractivity contribution >= 4 is 23.3 Å². The van der Waals surface area contributed by atoms with E-state index in [2.05, 4.69) is 23.2 Å². The largest absolute Gasteiger partial charge is 0.496 e.